The molecule has 0 unspecified atom stereocenters. The molecule has 2 rings (SSSR count). The highest BCUT2D eigenvalue weighted by atomic mass is 35.5. The van der Waals surface area contributed by atoms with E-state index in [2.05, 4.69) is 12.2 Å². The monoisotopic (exact) mass is 464 g/mol. The van der Waals surface area contributed by atoms with E-state index in [0.29, 0.717) is 27.9 Å². The molecule has 0 aliphatic rings. The lowest BCUT2D eigenvalue weighted by molar-refractivity contribution is -0.142. The first kappa shape index (κ1) is 25.0. The Labute approximate surface area is 194 Å². The summed E-state index contributed by atoms with van der Waals surface area (Å²) in [5, 5.41) is 3.77. The molecule has 0 spiro atoms. The second-order valence-corrected chi connectivity index (χ2v) is 8.41. The van der Waals surface area contributed by atoms with Crippen LogP contribution in [-0.4, -0.2) is 35.9 Å². The molecular weight excluding hydrogens is 435 g/mol. The normalized spacial score (nSPS) is 11.7. The molecule has 1 atom stereocenters. The third-order valence-electron chi connectivity index (χ3n) is 5.08. The van der Waals surface area contributed by atoms with Crippen molar-refractivity contribution >= 4 is 35.0 Å². The van der Waals surface area contributed by atoms with E-state index in [1.54, 1.807) is 25.1 Å². The zero-order chi connectivity index (χ0) is 23.0. The molecule has 0 aliphatic heterocycles. The summed E-state index contributed by atoms with van der Waals surface area (Å²) in [7, 11) is 0. The van der Waals surface area contributed by atoms with Crippen molar-refractivity contribution in [3.63, 3.8) is 0 Å². The number of rotatable bonds is 10. The lowest BCUT2D eigenvalue weighted by Gasteiger charge is -2.29. The van der Waals surface area contributed by atoms with Gasteiger partial charge in [0.15, 0.2) is 6.61 Å². The van der Waals surface area contributed by atoms with Gasteiger partial charge in [-0.2, -0.15) is 0 Å². The molecule has 2 aromatic carbocycles. The highest BCUT2D eigenvalue weighted by molar-refractivity contribution is 6.36. The first-order valence-electron chi connectivity index (χ1n) is 10.4. The van der Waals surface area contributed by atoms with Crippen molar-refractivity contribution < 1.29 is 14.3 Å². The predicted octanol–water partition coefficient (Wildman–Crippen LogP) is 5.32. The highest BCUT2D eigenvalue weighted by Gasteiger charge is 2.27. The van der Waals surface area contributed by atoms with Crippen molar-refractivity contribution in [3.05, 3.63) is 63.1 Å². The number of carbonyl (C=O) groups excluding carboxylic acids is 2. The van der Waals surface area contributed by atoms with Gasteiger partial charge in [0.05, 0.1) is 0 Å². The van der Waals surface area contributed by atoms with E-state index in [1.165, 1.54) is 4.90 Å². The lowest BCUT2D eigenvalue weighted by atomic mass is 10.1. The van der Waals surface area contributed by atoms with E-state index in [4.69, 9.17) is 27.9 Å². The standard InChI is InChI=1S/C24H30Cl2N2O3/c1-5-6-12-27-24(30)18(4)28(14-19-20(25)8-7-9-21(19)26)23(29)15-31-22-13-16(2)10-11-17(22)3/h7-11,13,18H,5-6,12,14-15H2,1-4H3,(H,27,30)/t18-/m1/s1. The van der Waals surface area contributed by atoms with E-state index in [0.717, 1.165) is 24.0 Å². The van der Waals surface area contributed by atoms with Crippen molar-refractivity contribution in [3.8, 4) is 5.75 Å². The largest absolute Gasteiger partial charge is 0.483 e. The minimum Gasteiger partial charge on any atom is -0.483 e. The number of halogens is 2. The SMILES string of the molecule is CCCCNC(=O)[C@@H](C)N(Cc1c(Cl)cccc1Cl)C(=O)COc1cc(C)ccc1C. The Morgan fingerprint density at radius 3 is 2.45 bits per heavy atom. The first-order valence-corrected chi connectivity index (χ1v) is 11.2. The number of nitrogens with zero attached hydrogens (tertiary/aromatic N) is 1. The number of hydrogen-bond acceptors (Lipinski definition) is 3. The molecule has 168 valence electrons. The molecule has 2 amide bonds. The minimum absolute atomic E-state index is 0.107. The van der Waals surface area contributed by atoms with E-state index < -0.39 is 6.04 Å². The average Bonchev–Trinajstić information content (AvgIpc) is 2.73. The number of hydrogen-bond donors (Lipinski definition) is 1. The Hall–Kier alpha value is -2.24. The summed E-state index contributed by atoms with van der Waals surface area (Å²) in [6.45, 7) is 8.10. The Balaban J connectivity index is 2.22. The molecule has 0 heterocycles. The van der Waals surface area contributed by atoms with Crippen molar-refractivity contribution in [2.24, 2.45) is 0 Å². The molecule has 0 saturated carbocycles. The molecule has 0 aromatic heterocycles. The van der Waals surface area contributed by atoms with Gasteiger partial charge in [0, 0.05) is 28.7 Å². The van der Waals surface area contributed by atoms with Crippen LogP contribution in [0.25, 0.3) is 0 Å². The van der Waals surface area contributed by atoms with Crippen LogP contribution in [0.4, 0.5) is 0 Å². The van der Waals surface area contributed by atoms with Crippen LogP contribution < -0.4 is 10.1 Å². The summed E-state index contributed by atoms with van der Waals surface area (Å²) in [5.41, 5.74) is 2.57. The van der Waals surface area contributed by atoms with Gasteiger partial charge >= 0.3 is 0 Å². The maximum Gasteiger partial charge on any atom is 0.261 e. The third-order valence-corrected chi connectivity index (χ3v) is 5.79. The molecule has 5 nitrogen and oxygen atoms in total. The number of amides is 2. The fraction of sp³-hybridized carbons (Fsp3) is 0.417. The third kappa shape index (κ3) is 7.15. The maximum absolute atomic E-state index is 13.2. The van der Waals surface area contributed by atoms with E-state index >= 15 is 0 Å². The number of benzene rings is 2. The van der Waals surface area contributed by atoms with Crippen LogP contribution in [0.5, 0.6) is 5.75 Å². The second-order valence-electron chi connectivity index (χ2n) is 7.60. The van der Waals surface area contributed by atoms with Gasteiger partial charge in [0.25, 0.3) is 5.91 Å². The molecule has 0 saturated heterocycles. The summed E-state index contributed by atoms with van der Waals surface area (Å²) in [5.74, 6) is 0.0934. The average molecular weight is 465 g/mol. The number of nitrogens with one attached hydrogen (secondary N) is 1. The van der Waals surface area contributed by atoms with Crippen molar-refractivity contribution in [2.45, 2.75) is 53.1 Å². The van der Waals surface area contributed by atoms with Gasteiger partial charge in [-0.1, -0.05) is 54.7 Å². The van der Waals surface area contributed by atoms with Gasteiger partial charge in [-0.25, -0.2) is 0 Å². The van der Waals surface area contributed by atoms with Gasteiger partial charge < -0.3 is 15.0 Å². The number of carbonyl (C=O) groups is 2. The van der Waals surface area contributed by atoms with E-state index in [9.17, 15) is 9.59 Å². The van der Waals surface area contributed by atoms with Crippen LogP contribution in [0.15, 0.2) is 36.4 Å². The van der Waals surface area contributed by atoms with Gasteiger partial charge in [-0.05, 0) is 56.5 Å². The second kappa shape index (κ2) is 12.0. The molecule has 0 aliphatic carbocycles. The summed E-state index contributed by atoms with van der Waals surface area (Å²) >= 11 is 12.6. The zero-order valence-corrected chi connectivity index (χ0v) is 20.0. The fourth-order valence-electron chi connectivity index (χ4n) is 3.06. The molecule has 31 heavy (non-hydrogen) atoms. The summed E-state index contributed by atoms with van der Waals surface area (Å²) < 4.78 is 5.80. The molecule has 0 fully saturated rings. The van der Waals surface area contributed by atoms with Crippen LogP contribution in [0.1, 0.15) is 43.4 Å². The Bertz CT molecular complexity index is 897. The highest BCUT2D eigenvalue weighted by Crippen LogP contribution is 2.27. The quantitative estimate of drug-likeness (QED) is 0.483. The molecular formula is C24H30Cl2N2O3. The van der Waals surface area contributed by atoms with Crippen LogP contribution in [0, 0.1) is 13.8 Å². The smallest absolute Gasteiger partial charge is 0.261 e. The number of ether oxygens (including phenoxy) is 1. The van der Waals surface area contributed by atoms with Gasteiger partial charge in [-0.15, -0.1) is 0 Å². The first-order chi connectivity index (χ1) is 14.7. The number of aryl methyl sites for hydroxylation is 2. The summed E-state index contributed by atoms with van der Waals surface area (Å²) in [6, 6.07) is 10.3. The Morgan fingerprint density at radius 1 is 1.13 bits per heavy atom. The van der Waals surface area contributed by atoms with Crippen LogP contribution >= 0.6 is 23.2 Å². The van der Waals surface area contributed by atoms with Crippen LogP contribution in [-0.2, 0) is 16.1 Å². The summed E-state index contributed by atoms with van der Waals surface area (Å²) in [6.07, 6.45) is 1.84. The Kier molecular flexibility index (Phi) is 9.66. The topological polar surface area (TPSA) is 58.6 Å². The van der Waals surface area contributed by atoms with E-state index in [-0.39, 0.29) is 25.0 Å². The minimum atomic E-state index is -0.709. The molecule has 7 heteroatoms. The maximum atomic E-state index is 13.2. The molecule has 0 radical (unpaired) electrons. The van der Waals surface area contributed by atoms with Crippen molar-refractivity contribution in [1.29, 1.82) is 0 Å². The summed E-state index contributed by atoms with van der Waals surface area (Å²) in [4.78, 5) is 27.3. The molecule has 0 bridgehead atoms. The van der Waals surface area contributed by atoms with Gasteiger partial charge in [-0.3, -0.25) is 9.59 Å². The van der Waals surface area contributed by atoms with Crippen molar-refractivity contribution in [1.82, 2.24) is 10.2 Å². The number of unbranched alkanes of at least 4 members (excludes halogenated alkanes) is 1. The lowest BCUT2D eigenvalue weighted by Crippen LogP contribution is -2.49. The van der Waals surface area contributed by atoms with Crippen LogP contribution in [0.3, 0.4) is 0 Å². The van der Waals surface area contributed by atoms with Gasteiger partial charge in [0.1, 0.15) is 11.8 Å². The Morgan fingerprint density at radius 2 is 1.81 bits per heavy atom. The van der Waals surface area contributed by atoms with Crippen LogP contribution in [0.2, 0.25) is 10.0 Å². The van der Waals surface area contributed by atoms with E-state index in [1.807, 2.05) is 32.0 Å². The van der Waals surface area contributed by atoms with Crippen molar-refractivity contribution in [2.75, 3.05) is 13.2 Å². The predicted molar refractivity (Wildman–Crippen MR) is 126 cm³/mol. The fourth-order valence-corrected chi connectivity index (χ4v) is 3.57. The molecule has 2 aromatic rings. The van der Waals surface area contributed by atoms with Gasteiger partial charge in [0.2, 0.25) is 5.91 Å². The zero-order valence-electron chi connectivity index (χ0n) is 18.5. The molecule has 1 N–H and O–H groups in total.